The van der Waals surface area contributed by atoms with Gasteiger partial charge in [-0.25, -0.2) is 9.69 Å². The number of carbonyl (C=O) groups excluding carboxylic acids is 2. The molecule has 1 aliphatic rings. The minimum Gasteiger partial charge on any atom is -0.443 e. The molecule has 3 rings (SSSR count). The smallest absolute Gasteiger partial charge is 0.422 e. The number of hydrogen-bond donors (Lipinski definition) is 0. The van der Waals surface area contributed by atoms with Crippen molar-refractivity contribution in [2.24, 2.45) is 0 Å². The summed E-state index contributed by atoms with van der Waals surface area (Å²) >= 11 is 6.02. The van der Waals surface area contributed by atoms with Gasteiger partial charge in [0.15, 0.2) is 0 Å². The summed E-state index contributed by atoms with van der Waals surface area (Å²) in [5.41, 5.74) is 1.55. The highest BCUT2D eigenvalue weighted by molar-refractivity contribution is 6.41. The Morgan fingerprint density at radius 3 is 2.59 bits per heavy atom. The maximum absolute atomic E-state index is 13.0. The number of imide groups is 1. The fourth-order valence-electron chi connectivity index (χ4n) is 2.75. The van der Waals surface area contributed by atoms with Gasteiger partial charge < -0.3 is 4.74 Å². The van der Waals surface area contributed by atoms with Crippen LogP contribution in [0.5, 0.6) is 0 Å². The fourth-order valence-corrected chi connectivity index (χ4v) is 2.95. The van der Waals surface area contributed by atoms with E-state index in [1.54, 1.807) is 57.2 Å². The van der Waals surface area contributed by atoms with E-state index in [0.29, 0.717) is 27.4 Å². The molecule has 0 saturated heterocycles. The van der Waals surface area contributed by atoms with Crippen LogP contribution in [-0.2, 0) is 9.53 Å². The number of fused-ring (bicyclic) bond motifs is 1. The Morgan fingerprint density at radius 2 is 1.96 bits per heavy atom. The minimum atomic E-state index is -0.779. The Hall–Kier alpha value is -3.10. The zero-order valence-electron chi connectivity index (χ0n) is 15.1. The van der Waals surface area contributed by atoms with Crippen molar-refractivity contribution in [3.05, 3.63) is 64.2 Å². The molecule has 0 saturated carbocycles. The first-order valence-electron chi connectivity index (χ1n) is 8.29. The predicted octanol–water partition coefficient (Wildman–Crippen LogP) is 5.03. The second-order valence-corrected chi connectivity index (χ2v) is 7.51. The highest BCUT2D eigenvalue weighted by Crippen LogP contribution is 2.39. The third-order valence-electron chi connectivity index (χ3n) is 3.83. The molecule has 0 N–H and O–H groups in total. The van der Waals surface area contributed by atoms with E-state index in [1.807, 2.05) is 12.1 Å². The number of hydrogen-bond acceptors (Lipinski definition) is 4. The van der Waals surface area contributed by atoms with Crippen molar-refractivity contribution in [1.82, 2.24) is 0 Å². The van der Waals surface area contributed by atoms with E-state index in [4.69, 9.17) is 16.3 Å². The largest absolute Gasteiger partial charge is 0.443 e. The number of rotatable bonds is 1. The Morgan fingerprint density at radius 1 is 1.22 bits per heavy atom. The summed E-state index contributed by atoms with van der Waals surface area (Å²) in [6.45, 7) is 5.17. The van der Waals surface area contributed by atoms with Gasteiger partial charge in [-0.15, -0.1) is 0 Å². The summed E-state index contributed by atoms with van der Waals surface area (Å²) in [6, 6.07) is 13.8. The molecule has 0 spiro atoms. The number of nitriles is 1. The normalized spacial score (nSPS) is 14.9. The van der Waals surface area contributed by atoms with Crippen LogP contribution in [0.25, 0.3) is 11.6 Å². The maximum atomic E-state index is 13.0. The Kier molecular flexibility index (Phi) is 4.77. The molecule has 27 heavy (non-hydrogen) atoms. The lowest BCUT2D eigenvalue weighted by molar-refractivity contribution is -0.112. The van der Waals surface area contributed by atoms with Crippen LogP contribution in [0.4, 0.5) is 10.5 Å². The van der Waals surface area contributed by atoms with Crippen molar-refractivity contribution in [3.63, 3.8) is 0 Å². The fraction of sp³-hybridized carbons (Fsp3) is 0.190. The first-order valence-corrected chi connectivity index (χ1v) is 8.66. The number of nitrogens with zero attached hydrogens (tertiary/aromatic N) is 2. The van der Waals surface area contributed by atoms with Crippen LogP contribution in [0.2, 0.25) is 5.02 Å². The Bertz CT molecular complexity index is 1010. The number of benzene rings is 2. The molecule has 0 atom stereocenters. The number of ether oxygens (including phenoxy) is 1. The van der Waals surface area contributed by atoms with Crippen molar-refractivity contribution in [1.29, 1.82) is 5.26 Å². The van der Waals surface area contributed by atoms with Gasteiger partial charge in [0.1, 0.15) is 5.60 Å². The number of anilines is 1. The van der Waals surface area contributed by atoms with Crippen LogP contribution < -0.4 is 4.90 Å². The zero-order valence-corrected chi connectivity index (χ0v) is 15.9. The van der Waals surface area contributed by atoms with Crippen LogP contribution in [0, 0.1) is 11.3 Å². The van der Waals surface area contributed by atoms with Crippen LogP contribution in [-0.4, -0.2) is 17.6 Å². The van der Waals surface area contributed by atoms with Gasteiger partial charge >= 0.3 is 6.09 Å². The third-order valence-corrected chi connectivity index (χ3v) is 4.06. The SMILES string of the molecule is CC(C)(C)OC(=O)N1C(=O)C(=Cc2cccc(Cl)c2)c2ccc(C#N)cc21. The summed E-state index contributed by atoms with van der Waals surface area (Å²) in [4.78, 5) is 26.6. The van der Waals surface area contributed by atoms with E-state index in [1.165, 1.54) is 6.07 Å². The molecule has 5 nitrogen and oxygen atoms in total. The van der Waals surface area contributed by atoms with E-state index < -0.39 is 17.6 Å². The summed E-state index contributed by atoms with van der Waals surface area (Å²) < 4.78 is 5.37. The van der Waals surface area contributed by atoms with Gasteiger partial charge in [-0.2, -0.15) is 5.26 Å². The highest BCUT2D eigenvalue weighted by Gasteiger charge is 2.39. The molecule has 0 aromatic heterocycles. The lowest BCUT2D eigenvalue weighted by atomic mass is 10.0. The summed E-state index contributed by atoms with van der Waals surface area (Å²) in [7, 11) is 0. The molecule has 2 amide bonds. The standard InChI is InChI=1S/C21H17ClN2O3/c1-21(2,3)27-20(26)24-18-11-14(12-23)7-8-16(18)17(19(24)25)10-13-5-4-6-15(22)9-13/h4-11H,1-3H3. The minimum absolute atomic E-state index is 0.335. The van der Waals surface area contributed by atoms with E-state index in [-0.39, 0.29) is 0 Å². The van der Waals surface area contributed by atoms with Crippen molar-refractivity contribution >= 4 is 40.9 Å². The van der Waals surface area contributed by atoms with Crippen molar-refractivity contribution in [2.45, 2.75) is 26.4 Å². The molecule has 0 radical (unpaired) electrons. The summed E-state index contributed by atoms with van der Waals surface area (Å²) in [6.07, 6.45) is 0.891. The van der Waals surface area contributed by atoms with Crippen molar-refractivity contribution < 1.29 is 14.3 Å². The lowest BCUT2D eigenvalue weighted by Gasteiger charge is -2.23. The molecule has 2 aromatic rings. The average molecular weight is 381 g/mol. The van der Waals surface area contributed by atoms with Gasteiger partial charge in [0.05, 0.1) is 22.9 Å². The van der Waals surface area contributed by atoms with Gasteiger partial charge in [0, 0.05) is 10.6 Å². The second kappa shape index (κ2) is 6.90. The molecule has 1 aliphatic heterocycles. The second-order valence-electron chi connectivity index (χ2n) is 7.08. The summed E-state index contributed by atoms with van der Waals surface area (Å²) in [5, 5.41) is 9.72. The lowest BCUT2D eigenvalue weighted by Crippen LogP contribution is -2.38. The molecule has 136 valence electrons. The van der Waals surface area contributed by atoms with E-state index in [2.05, 4.69) is 0 Å². The summed E-state index contributed by atoms with van der Waals surface area (Å²) in [5.74, 6) is -0.505. The molecular formula is C21H17ClN2O3. The first-order chi connectivity index (χ1) is 12.7. The Balaban J connectivity index is 2.12. The molecule has 0 fully saturated rings. The number of carbonyl (C=O) groups is 2. The molecule has 6 heteroatoms. The monoisotopic (exact) mass is 380 g/mol. The maximum Gasteiger partial charge on any atom is 0.422 e. The van der Waals surface area contributed by atoms with E-state index >= 15 is 0 Å². The van der Waals surface area contributed by atoms with Crippen LogP contribution in [0.15, 0.2) is 42.5 Å². The molecule has 1 heterocycles. The van der Waals surface area contributed by atoms with Crippen LogP contribution in [0.3, 0.4) is 0 Å². The van der Waals surface area contributed by atoms with Gasteiger partial charge in [-0.1, -0.05) is 29.8 Å². The molecular weight excluding hydrogens is 364 g/mol. The molecule has 0 bridgehead atoms. The number of halogens is 1. The average Bonchev–Trinajstić information content (AvgIpc) is 2.84. The van der Waals surface area contributed by atoms with Crippen LogP contribution >= 0.6 is 11.6 Å². The molecule has 0 unspecified atom stereocenters. The van der Waals surface area contributed by atoms with Gasteiger partial charge in [-0.05, 0) is 56.7 Å². The van der Waals surface area contributed by atoms with Crippen molar-refractivity contribution in [2.75, 3.05) is 4.90 Å². The van der Waals surface area contributed by atoms with Gasteiger partial charge in [0.25, 0.3) is 5.91 Å². The third kappa shape index (κ3) is 3.86. The first kappa shape index (κ1) is 18.7. The topological polar surface area (TPSA) is 70.4 Å². The predicted molar refractivity (Wildman–Crippen MR) is 104 cm³/mol. The van der Waals surface area contributed by atoms with E-state index in [0.717, 1.165) is 10.5 Å². The number of amides is 2. The highest BCUT2D eigenvalue weighted by atomic mass is 35.5. The quantitative estimate of drug-likeness (QED) is 0.650. The zero-order chi connectivity index (χ0) is 19.8. The van der Waals surface area contributed by atoms with Gasteiger partial charge in [0.2, 0.25) is 0 Å². The van der Waals surface area contributed by atoms with Crippen molar-refractivity contribution in [3.8, 4) is 6.07 Å². The van der Waals surface area contributed by atoms with Crippen LogP contribution in [0.1, 0.15) is 37.5 Å². The molecule has 2 aromatic carbocycles. The Labute approximate surface area is 162 Å². The molecule has 0 aliphatic carbocycles. The van der Waals surface area contributed by atoms with Gasteiger partial charge in [-0.3, -0.25) is 4.79 Å². The van der Waals surface area contributed by atoms with E-state index in [9.17, 15) is 14.9 Å².